The predicted molar refractivity (Wildman–Crippen MR) is 87.3 cm³/mol. The molecule has 0 saturated carbocycles. The molecule has 3 aromatic rings. The maximum atomic E-state index is 6.09. The highest BCUT2D eigenvalue weighted by Gasteiger charge is 2.09. The first-order chi connectivity index (χ1) is 10.7. The number of hydrogen-bond acceptors (Lipinski definition) is 4. The number of halogens is 2. The lowest BCUT2D eigenvalue weighted by Crippen LogP contribution is -2.00. The number of para-hydroxylation sites is 1. The molecular weight excluding hydrogens is 321 g/mol. The van der Waals surface area contributed by atoms with Crippen LogP contribution in [-0.2, 0) is 13.0 Å². The maximum absolute atomic E-state index is 6.09. The normalized spacial score (nSPS) is 10.6. The molecule has 0 radical (unpaired) electrons. The molecule has 0 unspecified atom stereocenters. The van der Waals surface area contributed by atoms with Crippen molar-refractivity contribution in [1.29, 1.82) is 0 Å². The second kappa shape index (κ2) is 6.81. The molecule has 3 rings (SSSR count). The van der Waals surface area contributed by atoms with Crippen molar-refractivity contribution in [1.82, 2.24) is 10.2 Å². The minimum atomic E-state index is 0.366. The quantitative estimate of drug-likeness (QED) is 0.742. The number of hydrogen-bond donors (Lipinski definition) is 1. The summed E-state index contributed by atoms with van der Waals surface area (Å²) >= 11 is 12.2. The first-order valence-electron chi connectivity index (χ1n) is 6.75. The van der Waals surface area contributed by atoms with Crippen molar-refractivity contribution in [2.45, 2.75) is 13.0 Å². The van der Waals surface area contributed by atoms with E-state index in [2.05, 4.69) is 15.5 Å². The number of nitrogens with one attached hydrogen (secondary N) is 1. The molecule has 0 saturated heterocycles. The van der Waals surface area contributed by atoms with E-state index >= 15 is 0 Å². The van der Waals surface area contributed by atoms with E-state index in [0.717, 1.165) is 5.56 Å². The smallest absolute Gasteiger partial charge is 0.235 e. The van der Waals surface area contributed by atoms with Crippen LogP contribution >= 0.6 is 23.2 Å². The fourth-order valence-corrected chi connectivity index (χ4v) is 2.56. The molecule has 2 aromatic carbocycles. The predicted octanol–water partition coefficient (Wildman–Crippen LogP) is 4.58. The molecule has 0 aliphatic carbocycles. The van der Waals surface area contributed by atoms with Gasteiger partial charge < -0.3 is 9.73 Å². The monoisotopic (exact) mass is 333 g/mol. The third-order valence-electron chi connectivity index (χ3n) is 3.09. The van der Waals surface area contributed by atoms with Gasteiger partial charge in [0.1, 0.15) is 0 Å². The van der Waals surface area contributed by atoms with Crippen molar-refractivity contribution >= 4 is 28.9 Å². The van der Waals surface area contributed by atoms with Gasteiger partial charge in [0.15, 0.2) is 0 Å². The summed E-state index contributed by atoms with van der Waals surface area (Å²) in [5, 5.41) is 12.3. The molecule has 0 fully saturated rings. The van der Waals surface area contributed by atoms with Crippen molar-refractivity contribution in [2.75, 3.05) is 5.32 Å². The Bertz CT molecular complexity index is 739. The van der Waals surface area contributed by atoms with Crippen molar-refractivity contribution in [3.8, 4) is 0 Å². The summed E-state index contributed by atoms with van der Waals surface area (Å²) in [5.41, 5.74) is 1.79. The molecule has 0 atom stereocenters. The molecule has 1 aromatic heterocycles. The van der Waals surface area contributed by atoms with E-state index in [0.29, 0.717) is 40.5 Å². The summed E-state index contributed by atoms with van der Waals surface area (Å²) in [6.45, 7) is 0.366. The highest BCUT2D eigenvalue weighted by molar-refractivity contribution is 6.39. The molecule has 0 aliphatic rings. The Hall–Kier alpha value is -2.04. The molecule has 0 bridgehead atoms. The van der Waals surface area contributed by atoms with Gasteiger partial charge in [0.25, 0.3) is 0 Å². The summed E-state index contributed by atoms with van der Waals surface area (Å²) < 4.78 is 5.62. The molecular formula is C16H13Cl2N3O. The van der Waals surface area contributed by atoms with E-state index < -0.39 is 0 Å². The van der Waals surface area contributed by atoms with Crippen LogP contribution in [-0.4, -0.2) is 10.2 Å². The highest BCUT2D eigenvalue weighted by Crippen LogP contribution is 2.30. The van der Waals surface area contributed by atoms with Crippen molar-refractivity contribution in [3.63, 3.8) is 0 Å². The van der Waals surface area contributed by atoms with Gasteiger partial charge in [-0.15, -0.1) is 10.2 Å². The van der Waals surface area contributed by atoms with Crippen LogP contribution in [0.3, 0.4) is 0 Å². The molecule has 0 spiro atoms. The van der Waals surface area contributed by atoms with Gasteiger partial charge >= 0.3 is 0 Å². The fourth-order valence-electron chi connectivity index (χ4n) is 2.03. The second-order valence-corrected chi connectivity index (χ2v) is 5.52. The van der Waals surface area contributed by atoms with Crippen LogP contribution in [0.2, 0.25) is 10.0 Å². The maximum Gasteiger partial charge on any atom is 0.235 e. The summed E-state index contributed by atoms with van der Waals surface area (Å²) in [6, 6.07) is 15.3. The zero-order valence-corrected chi connectivity index (χ0v) is 13.1. The van der Waals surface area contributed by atoms with Gasteiger partial charge in [-0.1, -0.05) is 59.6 Å². The first kappa shape index (κ1) is 14.9. The molecule has 0 amide bonds. The Balaban J connectivity index is 1.65. The van der Waals surface area contributed by atoms with E-state index in [1.54, 1.807) is 18.2 Å². The van der Waals surface area contributed by atoms with Gasteiger partial charge in [-0.25, -0.2) is 0 Å². The SMILES string of the molecule is Clc1cccc(Cl)c1NCc1nnc(Cc2ccccc2)o1. The average molecular weight is 334 g/mol. The van der Waals surface area contributed by atoms with E-state index in [1.807, 2.05) is 30.3 Å². The first-order valence-corrected chi connectivity index (χ1v) is 7.51. The standard InChI is InChI=1S/C16H13Cl2N3O/c17-12-7-4-8-13(18)16(12)19-10-15-21-20-14(22-15)9-11-5-2-1-3-6-11/h1-8,19H,9-10H2. The van der Waals surface area contributed by atoms with Crippen LogP contribution in [0.25, 0.3) is 0 Å². The number of rotatable bonds is 5. The van der Waals surface area contributed by atoms with Crippen molar-refractivity contribution in [2.24, 2.45) is 0 Å². The van der Waals surface area contributed by atoms with Gasteiger partial charge in [0, 0.05) is 0 Å². The van der Waals surface area contributed by atoms with Gasteiger partial charge in [0.05, 0.1) is 28.7 Å². The Labute approximate surface area is 138 Å². The van der Waals surface area contributed by atoms with Gasteiger partial charge in [-0.2, -0.15) is 0 Å². The number of aromatic nitrogens is 2. The molecule has 112 valence electrons. The lowest BCUT2D eigenvalue weighted by molar-refractivity contribution is 0.464. The topological polar surface area (TPSA) is 51.0 Å². The zero-order chi connectivity index (χ0) is 15.4. The molecule has 1 N–H and O–H groups in total. The zero-order valence-electron chi connectivity index (χ0n) is 11.6. The van der Waals surface area contributed by atoms with Crippen LogP contribution in [0.1, 0.15) is 17.3 Å². The fraction of sp³-hybridized carbons (Fsp3) is 0.125. The molecule has 6 heteroatoms. The third-order valence-corrected chi connectivity index (χ3v) is 3.72. The summed E-state index contributed by atoms with van der Waals surface area (Å²) in [7, 11) is 0. The Morgan fingerprint density at radius 2 is 1.55 bits per heavy atom. The molecule has 22 heavy (non-hydrogen) atoms. The second-order valence-electron chi connectivity index (χ2n) is 4.70. The molecule has 4 nitrogen and oxygen atoms in total. The van der Waals surface area contributed by atoms with E-state index in [-0.39, 0.29) is 0 Å². The Morgan fingerprint density at radius 1 is 0.864 bits per heavy atom. The number of benzene rings is 2. The number of anilines is 1. The summed E-state index contributed by atoms with van der Waals surface area (Å²) in [4.78, 5) is 0. The minimum absolute atomic E-state index is 0.366. The average Bonchev–Trinajstić information content (AvgIpc) is 2.95. The number of nitrogens with zero attached hydrogens (tertiary/aromatic N) is 2. The van der Waals surface area contributed by atoms with E-state index in [1.165, 1.54) is 0 Å². The van der Waals surface area contributed by atoms with Crippen molar-refractivity contribution in [3.05, 3.63) is 75.9 Å². The lowest BCUT2D eigenvalue weighted by atomic mass is 10.2. The Kier molecular flexibility index (Phi) is 4.61. The third kappa shape index (κ3) is 3.59. The van der Waals surface area contributed by atoms with Crippen LogP contribution in [0.5, 0.6) is 0 Å². The van der Waals surface area contributed by atoms with Crippen LogP contribution in [0.15, 0.2) is 52.9 Å². The van der Waals surface area contributed by atoms with Crippen LogP contribution < -0.4 is 5.32 Å². The minimum Gasteiger partial charge on any atom is -0.423 e. The highest BCUT2D eigenvalue weighted by atomic mass is 35.5. The van der Waals surface area contributed by atoms with E-state index in [4.69, 9.17) is 27.6 Å². The molecule has 1 heterocycles. The largest absolute Gasteiger partial charge is 0.423 e. The van der Waals surface area contributed by atoms with E-state index in [9.17, 15) is 0 Å². The lowest BCUT2D eigenvalue weighted by Gasteiger charge is -2.07. The van der Waals surface area contributed by atoms with Crippen LogP contribution in [0.4, 0.5) is 5.69 Å². The summed E-state index contributed by atoms with van der Waals surface area (Å²) in [6.07, 6.45) is 0.612. The van der Waals surface area contributed by atoms with Gasteiger partial charge in [0.2, 0.25) is 11.8 Å². The van der Waals surface area contributed by atoms with Gasteiger partial charge in [-0.05, 0) is 17.7 Å². The molecule has 0 aliphatic heterocycles. The van der Waals surface area contributed by atoms with Gasteiger partial charge in [-0.3, -0.25) is 0 Å². The summed E-state index contributed by atoms with van der Waals surface area (Å²) in [5.74, 6) is 1.06. The Morgan fingerprint density at radius 3 is 2.27 bits per heavy atom. The van der Waals surface area contributed by atoms with Crippen LogP contribution in [0, 0.1) is 0 Å². The van der Waals surface area contributed by atoms with Crippen molar-refractivity contribution < 1.29 is 4.42 Å².